The zero-order valence-electron chi connectivity index (χ0n) is 8.38. The SMILES string of the molecule is CC(C)(C)C1CC2CC1CC2O. The van der Waals surface area contributed by atoms with Gasteiger partial charge >= 0.3 is 0 Å². The van der Waals surface area contributed by atoms with Crippen molar-refractivity contribution in [3.8, 4) is 0 Å². The first kappa shape index (κ1) is 8.55. The maximum Gasteiger partial charge on any atom is 0.0571 e. The van der Waals surface area contributed by atoms with Crippen LogP contribution >= 0.6 is 0 Å². The molecule has 0 aromatic carbocycles. The molecule has 70 valence electrons. The smallest absolute Gasteiger partial charge is 0.0571 e. The monoisotopic (exact) mass is 168 g/mol. The van der Waals surface area contributed by atoms with E-state index in [-0.39, 0.29) is 6.10 Å². The molecule has 0 aromatic heterocycles. The van der Waals surface area contributed by atoms with E-state index in [0.717, 1.165) is 18.3 Å². The van der Waals surface area contributed by atoms with E-state index in [1.165, 1.54) is 12.8 Å². The minimum Gasteiger partial charge on any atom is -0.393 e. The molecular formula is C11H20O. The van der Waals surface area contributed by atoms with Crippen LogP contribution in [0.15, 0.2) is 0 Å². The summed E-state index contributed by atoms with van der Waals surface area (Å²) in [5.74, 6) is 2.33. The zero-order valence-corrected chi connectivity index (χ0v) is 8.38. The van der Waals surface area contributed by atoms with Crippen molar-refractivity contribution in [1.82, 2.24) is 0 Å². The summed E-state index contributed by atoms with van der Waals surface area (Å²) in [5, 5.41) is 9.60. The quantitative estimate of drug-likeness (QED) is 0.589. The van der Waals surface area contributed by atoms with Crippen molar-refractivity contribution >= 4 is 0 Å². The van der Waals surface area contributed by atoms with Crippen molar-refractivity contribution in [2.24, 2.45) is 23.2 Å². The lowest BCUT2D eigenvalue weighted by Gasteiger charge is -2.35. The Hall–Kier alpha value is -0.0400. The summed E-state index contributed by atoms with van der Waals surface area (Å²) in [4.78, 5) is 0. The highest BCUT2D eigenvalue weighted by Gasteiger charge is 2.48. The molecule has 4 atom stereocenters. The topological polar surface area (TPSA) is 20.2 Å². The maximum atomic E-state index is 9.60. The molecule has 1 N–H and O–H groups in total. The number of hydrogen-bond acceptors (Lipinski definition) is 1. The Morgan fingerprint density at radius 1 is 1.00 bits per heavy atom. The van der Waals surface area contributed by atoms with Gasteiger partial charge in [-0.2, -0.15) is 0 Å². The zero-order chi connectivity index (χ0) is 8.93. The highest BCUT2D eigenvalue weighted by atomic mass is 16.3. The van der Waals surface area contributed by atoms with Crippen molar-refractivity contribution in [2.45, 2.75) is 46.1 Å². The number of aliphatic hydroxyl groups excluding tert-OH is 1. The molecule has 0 radical (unpaired) electrons. The average molecular weight is 168 g/mol. The molecule has 0 saturated heterocycles. The number of rotatable bonds is 0. The largest absolute Gasteiger partial charge is 0.393 e. The third-order valence-corrected chi connectivity index (χ3v) is 3.93. The molecule has 0 amide bonds. The van der Waals surface area contributed by atoms with Crippen LogP contribution in [-0.4, -0.2) is 11.2 Å². The summed E-state index contributed by atoms with van der Waals surface area (Å²) in [6.45, 7) is 7.01. The molecule has 2 rings (SSSR count). The van der Waals surface area contributed by atoms with E-state index in [4.69, 9.17) is 0 Å². The molecule has 1 nitrogen and oxygen atoms in total. The van der Waals surface area contributed by atoms with Gasteiger partial charge in [-0.25, -0.2) is 0 Å². The van der Waals surface area contributed by atoms with Gasteiger partial charge in [0.05, 0.1) is 6.10 Å². The molecule has 4 unspecified atom stereocenters. The number of hydrogen-bond donors (Lipinski definition) is 1. The minimum atomic E-state index is 0.0357. The lowest BCUT2D eigenvalue weighted by atomic mass is 9.71. The fraction of sp³-hybridized carbons (Fsp3) is 1.00. The Bertz CT molecular complexity index is 178. The van der Waals surface area contributed by atoms with Crippen LogP contribution in [-0.2, 0) is 0 Å². The van der Waals surface area contributed by atoms with Crippen LogP contribution in [0.5, 0.6) is 0 Å². The van der Waals surface area contributed by atoms with Crippen LogP contribution in [0.1, 0.15) is 40.0 Å². The minimum absolute atomic E-state index is 0.0357. The Morgan fingerprint density at radius 2 is 1.67 bits per heavy atom. The normalized spacial score (nSPS) is 47.0. The third kappa shape index (κ3) is 1.19. The van der Waals surface area contributed by atoms with Crippen LogP contribution in [0.4, 0.5) is 0 Å². The van der Waals surface area contributed by atoms with Gasteiger partial charge in [0.1, 0.15) is 0 Å². The highest BCUT2D eigenvalue weighted by molar-refractivity contribution is 4.98. The predicted octanol–water partition coefficient (Wildman–Crippen LogP) is 2.44. The molecule has 2 aliphatic carbocycles. The molecule has 0 aliphatic heterocycles. The summed E-state index contributed by atoms with van der Waals surface area (Å²) in [6.07, 6.45) is 3.68. The van der Waals surface area contributed by atoms with Gasteiger partial charge in [0.2, 0.25) is 0 Å². The standard InChI is InChI=1S/C11H20O/c1-11(2,3)9-5-8-4-7(9)6-10(8)12/h7-10,12H,4-6H2,1-3H3. The fourth-order valence-corrected chi connectivity index (χ4v) is 3.31. The lowest BCUT2D eigenvalue weighted by Crippen LogP contribution is -2.30. The highest BCUT2D eigenvalue weighted by Crippen LogP contribution is 2.54. The van der Waals surface area contributed by atoms with Gasteiger partial charge in [-0.15, -0.1) is 0 Å². The van der Waals surface area contributed by atoms with Crippen LogP contribution < -0.4 is 0 Å². The van der Waals surface area contributed by atoms with Crippen molar-refractivity contribution in [3.05, 3.63) is 0 Å². The second-order valence-electron chi connectivity index (χ2n) is 5.77. The Morgan fingerprint density at radius 3 is 2.00 bits per heavy atom. The average Bonchev–Trinajstić information content (AvgIpc) is 2.41. The molecule has 2 aliphatic rings. The van der Waals surface area contributed by atoms with Crippen LogP contribution in [0.2, 0.25) is 0 Å². The second kappa shape index (κ2) is 2.47. The first-order valence-electron chi connectivity index (χ1n) is 5.16. The Kier molecular flexibility index (Phi) is 1.76. The van der Waals surface area contributed by atoms with E-state index in [1.54, 1.807) is 0 Å². The van der Waals surface area contributed by atoms with Gasteiger partial charge in [0.15, 0.2) is 0 Å². The van der Waals surface area contributed by atoms with Gasteiger partial charge in [-0.05, 0) is 42.4 Å². The van der Waals surface area contributed by atoms with Gasteiger partial charge in [-0.1, -0.05) is 20.8 Å². The van der Waals surface area contributed by atoms with Gasteiger partial charge < -0.3 is 5.11 Å². The molecule has 1 heteroatoms. The van der Waals surface area contributed by atoms with Gasteiger partial charge in [0, 0.05) is 0 Å². The molecule has 12 heavy (non-hydrogen) atoms. The predicted molar refractivity (Wildman–Crippen MR) is 49.8 cm³/mol. The summed E-state index contributed by atoms with van der Waals surface area (Å²) >= 11 is 0. The van der Waals surface area contributed by atoms with E-state index in [9.17, 15) is 5.11 Å². The van der Waals surface area contributed by atoms with E-state index in [1.807, 2.05) is 0 Å². The summed E-state index contributed by atoms with van der Waals surface area (Å²) < 4.78 is 0. The summed E-state index contributed by atoms with van der Waals surface area (Å²) in [5.41, 5.74) is 0.458. The summed E-state index contributed by atoms with van der Waals surface area (Å²) in [6, 6.07) is 0. The first-order chi connectivity index (χ1) is 5.48. The van der Waals surface area contributed by atoms with E-state index < -0.39 is 0 Å². The molecule has 2 fully saturated rings. The van der Waals surface area contributed by atoms with E-state index in [2.05, 4.69) is 20.8 Å². The lowest BCUT2D eigenvalue weighted by molar-refractivity contribution is 0.0622. The van der Waals surface area contributed by atoms with Gasteiger partial charge in [-0.3, -0.25) is 0 Å². The van der Waals surface area contributed by atoms with Crippen LogP contribution in [0, 0.1) is 23.2 Å². The Labute approximate surface area is 75.2 Å². The van der Waals surface area contributed by atoms with E-state index in [0.29, 0.717) is 11.3 Å². The Balaban J connectivity index is 2.08. The molecule has 0 spiro atoms. The second-order valence-corrected chi connectivity index (χ2v) is 5.77. The van der Waals surface area contributed by atoms with Crippen molar-refractivity contribution in [1.29, 1.82) is 0 Å². The first-order valence-corrected chi connectivity index (χ1v) is 5.16. The van der Waals surface area contributed by atoms with Crippen LogP contribution in [0.25, 0.3) is 0 Å². The van der Waals surface area contributed by atoms with Crippen molar-refractivity contribution in [2.75, 3.05) is 0 Å². The number of aliphatic hydroxyl groups is 1. The summed E-state index contributed by atoms with van der Waals surface area (Å²) in [7, 11) is 0. The molecule has 0 aromatic rings. The van der Waals surface area contributed by atoms with E-state index >= 15 is 0 Å². The molecular weight excluding hydrogens is 148 g/mol. The van der Waals surface area contributed by atoms with Crippen molar-refractivity contribution in [3.63, 3.8) is 0 Å². The molecule has 2 bridgehead atoms. The number of fused-ring (bicyclic) bond motifs is 2. The fourth-order valence-electron chi connectivity index (χ4n) is 3.31. The molecule has 0 heterocycles. The van der Waals surface area contributed by atoms with Crippen molar-refractivity contribution < 1.29 is 5.11 Å². The van der Waals surface area contributed by atoms with Gasteiger partial charge in [0.25, 0.3) is 0 Å². The molecule has 2 saturated carbocycles. The third-order valence-electron chi connectivity index (χ3n) is 3.93. The maximum absolute atomic E-state index is 9.60. The van der Waals surface area contributed by atoms with Crippen LogP contribution in [0.3, 0.4) is 0 Å².